The van der Waals surface area contributed by atoms with Gasteiger partial charge in [-0.05, 0) is 61.6 Å². The van der Waals surface area contributed by atoms with Crippen LogP contribution in [0.2, 0.25) is 0 Å². The number of hydrogen-bond donors (Lipinski definition) is 2. The molecule has 0 aromatic heterocycles. The average Bonchev–Trinajstić information content (AvgIpc) is 3.06. The van der Waals surface area contributed by atoms with Gasteiger partial charge in [-0.25, -0.2) is 0 Å². The molecule has 2 aromatic rings. The summed E-state index contributed by atoms with van der Waals surface area (Å²) >= 11 is 0. The number of hydrogen-bond acceptors (Lipinski definition) is 3. The average molecular weight is 324 g/mol. The van der Waals surface area contributed by atoms with Crippen LogP contribution in [0.15, 0.2) is 42.5 Å². The molecule has 0 aliphatic heterocycles. The molecule has 2 aromatic carbocycles. The molecule has 124 valence electrons. The van der Waals surface area contributed by atoms with Crippen molar-refractivity contribution >= 4 is 11.8 Å². The highest BCUT2D eigenvalue weighted by Crippen LogP contribution is 2.25. The van der Waals surface area contributed by atoms with E-state index < -0.39 is 5.91 Å². The van der Waals surface area contributed by atoms with E-state index in [1.807, 2.05) is 31.2 Å². The van der Waals surface area contributed by atoms with Crippen molar-refractivity contribution in [1.82, 2.24) is 10.9 Å². The number of fused-ring (bicyclic) bond motifs is 1. The number of amides is 2. The van der Waals surface area contributed by atoms with E-state index in [4.69, 9.17) is 4.74 Å². The van der Waals surface area contributed by atoms with E-state index in [9.17, 15) is 9.59 Å². The van der Waals surface area contributed by atoms with E-state index in [2.05, 4.69) is 16.9 Å². The maximum absolute atomic E-state index is 11.9. The second-order valence-corrected chi connectivity index (χ2v) is 5.94. The van der Waals surface area contributed by atoms with Gasteiger partial charge in [0, 0.05) is 5.56 Å². The highest BCUT2D eigenvalue weighted by atomic mass is 16.5. The second kappa shape index (κ2) is 7.17. The fraction of sp³-hybridized carbons (Fsp3) is 0.263. The molecule has 0 spiro atoms. The Morgan fingerprint density at radius 3 is 2.54 bits per heavy atom. The Morgan fingerprint density at radius 1 is 1.00 bits per heavy atom. The summed E-state index contributed by atoms with van der Waals surface area (Å²) < 4.78 is 5.48. The Morgan fingerprint density at radius 2 is 1.75 bits per heavy atom. The summed E-state index contributed by atoms with van der Waals surface area (Å²) in [5.41, 5.74) is 8.94. The van der Waals surface area contributed by atoms with Gasteiger partial charge in [-0.1, -0.05) is 23.8 Å². The summed E-state index contributed by atoms with van der Waals surface area (Å²) in [6, 6.07) is 13.0. The van der Waals surface area contributed by atoms with Crippen molar-refractivity contribution in [3.8, 4) is 5.75 Å². The monoisotopic (exact) mass is 324 g/mol. The Balaban J connectivity index is 1.46. The number of aryl methyl sites for hydroxylation is 3. The van der Waals surface area contributed by atoms with Crippen molar-refractivity contribution in [3.05, 3.63) is 64.7 Å². The number of carbonyl (C=O) groups excluding carboxylic acids is 2. The van der Waals surface area contributed by atoms with Gasteiger partial charge in [0.05, 0.1) is 0 Å². The van der Waals surface area contributed by atoms with Crippen molar-refractivity contribution in [2.75, 3.05) is 6.61 Å². The zero-order valence-corrected chi connectivity index (χ0v) is 13.6. The summed E-state index contributed by atoms with van der Waals surface area (Å²) in [6.45, 7) is 1.80. The molecule has 0 saturated carbocycles. The van der Waals surface area contributed by atoms with Crippen molar-refractivity contribution in [2.24, 2.45) is 0 Å². The largest absolute Gasteiger partial charge is 0.484 e. The van der Waals surface area contributed by atoms with Crippen molar-refractivity contribution < 1.29 is 14.3 Å². The van der Waals surface area contributed by atoms with Crippen LogP contribution in [0.5, 0.6) is 5.75 Å². The minimum Gasteiger partial charge on any atom is -0.484 e. The minimum absolute atomic E-state index is 0.146. The Hall–Kier alpha value is -2.82. The van der Waals surface area contributed by atoms with E-state index in [0.29, 0.717) is 11.3 Å². The first-order valence-electron chi connectivity index (χ1n) is 8.02. The quantitative estimate of drug-likeness (QED) is 0.848. The Kier molecular flexibility index (Phi) is 4.79. The van der Waals surface area contributed by atoms with E-state index in [-0.39, 0.29) is 12.5 Å². The van der Waals surface area contributed by atoms with E-state index in [1.54, 1.807) is 12.1 Å². The number of ether oxygens (including phenoxy) is 1. The molecule has 0 bridgehead atoms. The second-order valence-electron chi connectivity index (χ2n) is 5.94. The molecule has 0 heterocycles. The third kappa shape index (κ3) is 3.93. The fourth-order valence-electron chi connectivity index (χ4n) is 2.73. The van der Waals surface area contributed by atoms with Crippen molar-refractivity contribution in [3.63, 3.8) is 0 Å². The lowest BCUT2D eigenvalue weighted by molar-refractivity contribution is -0.123. The molecule has 0 saturated heterocycles. The predicted molar refractivity (Wildman–Crippen MR) is 90.7 cm³/mol. The van der Waals surface area contributed by atoms with E-state index in [0.717, 1.165) is 18.4 Å². The van der Waals surface area contributed by atoms with Crippen molar-refractivity contribution in [2.45, 2.75) is 26.2 Å². The minimum atomic E-state index is -0.407. The smallest absolute Gasteiger partial charge is 0.276 e. The molecular formula is C19H20N2O3. The predicted octanol–water partition coefficient (Wildman–Crippen LogP) is 2.32. The highest BCUT2D eigenvalue weighted by Gasteiger charge is 2.12. The lowest BCUT2D eigenvalue weighted by atomic mass is 10.1. The van der Waals surface area contributed by atoms with Crippen LogP contribution in [0, 0.1) is 6.92 Å². The molecule has 1 aliphatic rings. The van der Waals surface area contributed by atoms with Crippen molar-refractivity contribution in [1.29, 1.82) is 0 Å². The summed E-state index contributed by atoms with van der Waals surface area (Å²) in [7, 11) is 0. The van der Waals surface area contributed by atoms with Crippen LogP contribution in [0.3, 0.4) is 0 Å². The normalized spacial score (nSPS) is 12.4. The van der Waals surface area contributed by atoms with Crippen LogP contribution < -0.4 is 15.6 Å². The highest BCUT2D eigenvalue weighted by molar-refractivity contribution is 5.95. The van der Waals surface area contributed by atoms with Crippen LogP contribution in [-0.2, 0) is 17.6 Å². The molecule has 0 atom stereocenters. The molecule has 1 aliphatic carbocycles. The maximum atomic E-state index is 11.9. The summed E-state index contributed by atoms with van der Waals surface area (Å²) in [4.78, 5) is 23.7. The van der Waals surface area contributed by atoms with Crippen LogP contribution in [-0.4, -0.2) is 18.4 Å². The Bertz CT molecular complexity index is 754. The van der Waals surface area contributed by atoms with Gasteiger partial charge in [0.15, 0.2) is 6.61 Å². The molecule has 24 heavy (non-hydrogen) atoms. The summed E-state index contributed by atoms with van der Waals surface area (Å²) in [5, 5.41) is 0. The molecule has 5 nitrogen and oxygen atoms in total. The number of carbonyl (C=O) groups is 2. The van der Waals surface area contributed by atoms with Crippen LogP contribution in [0.25, 0.3) is 0 Å². The zero-order valence-electron chi connectivity index (χ0n) is 13.6. The standard InChI is InChI=1S/C19H20N2O3/c1-13-5-7-15(8-6-13)19(23)21-20-18(22)12-24-17-10-9-14-3-2-4-16(14)11-17/h5-11H,2-4,12H2,1H3,(H,20,22)(H,21,23). The molecule has 0 fully saturated rings. The number of nitrogens with one attached hydrogen (secondary N) is 2. The first-order chi connectivity index (χ1) is 11.6. The number of hydrazine groups is 1. The number of rotatable bonds is 4. The van der Waals surface area contributed by atoms with Gasteiger partial charge in [0.1, 0.15) is 5.75 Å². The molecular weight excluding hydrogens is 304 g/mol. The van der Waals surface area contributed by atoms with Gasteiger partial charge in [-0.3, -0.25) is 20.4 Å². The third-order valence-corrected chi connectivity index (χ3v) is 4.07. The summed E-state index contributed by atoms with van der Waals surface area (Å²) in [5.74, 6) is -0.0903. The Labute approximate surface area is 141 Å². The lowest BCUT2D eigenvalue weighted by Gasteiger charge is -2.10. The number of benzene rings is 2. The van der Waals surface area contributed by atoms with Crippen LogP contribution in [0.1, 0.15) is 33.5 Å². The molecule has 5 heteroatoms. The first-order valence-corrected chi connectivity index (χ1v) is 8.02. The van der Waals surface area contributed by atoms with Gasteiger partial charge in [0.25, 0.3) is 11.8 Å². The molecule has 3 rings (SSSR count). The SMILES string of the molecule is Cc1ccc(C(=O)NNC(=O)COc2ccc3c(c2)CCC3)cc1. The van der Waals surface area contributed by atoms with Crippen LogP contribution in [0.4, 0.5) is 0 Å². The summed E-state index contributed by atoms with van der Waals surface area (Å²) in [6.07, 6.45) is 3.34. The topological polar surface area (TPSA) is 67.4 Å². The van der Waals surface area contributed by atoms with Gasteiger partial charge in [-0.15, -0.1) is 0 Å². The molecule has 0 unspecified atom stereocenters. The molecule has 2 N–H and O–H groups in total. The van der Waals surface area contributed by atoms with Gasteiger partial charge in [0.2, 0.25) is 0 Å². The maximum Gasteiger partial charge on any atom is 0.276 e. The lowest BCUT2D eigenvalue weighted by Crippen LogP contribution is -2.43. The van der Waals surface area contributed by atoms with Gasteiger partial charge in [-0.2, -0.15) is 0 Å². The molecule has 0 radical (unpaired) electrons. The van der Waals surface area contributed by atoms with Gasteiger partial charge >= 0.3 is 0 Å². The molecule has 2 amide bonds. The van der Waals surface area contributed by atoms with Crippen LogP contribution >= 0.6 is 0 Å². The van der Waals surface area contributed by atoms with E-state index >= 15 is 0 Å². The van der Waals surface area contributed by atoms with Gasteiger partial charge < -0.3 is 4.74 Å². The fourth-order valence-corrected chi connectivity index (χ4v) is 2.73. The van der Waals surface area contributed by atoms with E-state index in [1.165, 1.54) is 17.5 Å². The third-order valence-electron chi connectivity index (χ3n) is 4.07. The first kappa shape index (κ1) is 16.1. The zero-order chi connectivity index (χ0) is 16.9.